The van der Waals surface area contributed by atoms with Crippen molar-refractivity contribution in [2.45, 2.75) is 32.7 Å². The Balaban J connectivity index is 2.05. The van der Waals surface area contributed by atoms with Crippen molar-refractivity contribution in [1.29, 1.82) is 0 Å². The first kappa shape index (κ1) is 10.7. The number of hydrogen-bond donors (Lipinski definition) is 1. The van der Waals surface area contributed by atoms with Crippen molar-refractivity contribution >= 4 is 17.4 Å². The molecule has 1 N–H and O–H groups in total. The standard InChI is InChI=1S/C11H16ClN3/c1-7(2)11(8-3-4-8)15-10-5-9(12)13-6-14-10/h5-8,11H,3-4H2,1-2H3,(H,13,14,15). The zero-order chi connectivity index (χ0) is 10.8. The molecule has 1 atom stereocenters. The van der Waals surface area contributed by atoms with Crippen LogP contribution in [0.5, 0.6) is 0 Å². The van der Waals surface area contributed by atoms with Gasteiger partial charge in [0.25, 0.3) is 0 Å². The van der Waals surface area contributed by atoms with Crippen molar-refractivity contribution in [3.63, 3.8) is 0 Å². The van der Waals surface area contributed by atoms with Crippen molar-refractivity contribution in [3.8, 4) is 0 Å². The first-order valence-corrected chi connectivity index (χ1v) is 5.78. The Hall–Kier alpha value is -0.830. The third-order valence-corrected chi connectivity index (χ3v) is 3.00. The molecule has 0 spiro atoms. The average molecular weight is 226 g/mol. The van der Waals surface area contributed by atoms with Crippen molar-refractivity contribution in [1.82, 2.24) is 9.97 Å². The van der Waals surface area contributed by atoms with E-state index in [1.165, 1.54) is 19.2 Å². The minimum Gasteiger partial charge on any atom is -0.367 e. The lowest BCUT2D eigenvalue weighted by Crippen LogP contribution is -2.28. The first-order valence-electron chi connectivity index (χ1n) is 5.41. The predicted molar refractivity (Wildman–Crippen MR) is 62.0 cm³/mol. The molecule has 1 aliphatic rings. The van der Waals surface area contributed by atoms with Crippen LogP contribution < -0.4 is 5.32 Å². The second-order valence-corrected chi connectivity index (χ2v) is 4.86. The minimum absolute atomic E-state index is 0.491. The Morgan fingerprint density at radius 2 is 2.13 bits per heavy atom. The molecular weight excluding hydrogens is 210 g/mol. The topological polar surface area (TPSA) is 37.8 Å². The van der Waals surface area contributed by atoms with Crippen LogP contribution >= 0.6 is 11.6 Å². The van der Waals surface area contributed by atoms with E-state index in [2.05, 4.69) is 29.1 Å². The van der Waals surface area contributed by atoms with E-state index in [-0.39, 0.29) is 0 Å². The maximum Gasteiger partial charge on any atom is 0.134 e. The van der Waals surface area contributed by atoms with E-state index in [9.17, 15) is 0 Å². The molecule has 0 aliphatic heterocycles. The summed E-state index contributed by atoms with van der Waals surface area (Å²) >= 11 is 5.81. The number of halogens is 1. The van der Waals surface area contributed by atoms with Crippen LogP contribution in [0.2, 0.25) is 5.15 Å². The van der Waals surface area contributed by atoms with Gasteiger partial charge in [-0.3, -0.25) is 0 Å². The highest BCUT2D eigenvalue weighted by Crippen LogP contribution is 2.37. The van der Waals surface area contributed by atoms with Gasteiger partial charge in [-0.25, -0.2) is 9.97 Å². The molecule has 1 heterocycles. The van der Waals surface area contributed by atoms with Crippen LogP contribution in [0, 0.1) is 11.8 Å². The number of rotatable bonds is 4. The Bertz CT molecular complexity index is 334. The molecule has 1 fully saturated rings. The Kier molecular flexibility index (Phi) is 3.10. The summed E-state index contributed by atoms with van der Waals surface area (Å²) < 4.78 is 0. The number of nitrogens with zero attached hydrogens (tertiary/aromatic N) is 2. The van der Waals surface area contributed by atoms with Gasteiger partial charge in [0.05, 0.1) is 0 Å². The third-order valence-electron chi connectivity index (χ3n) is 2.80. The predicted octanol–water partition coefficient (Wildman–Crippen LogP) is 2.98. The SMILES string of the molecule is CC(C)C(Nc1cc(Cl)ncn1)C1CC1. The van der Waals surface area contributed by atoms with Gasteiger partial charge in [-0.05, 0) is 24.7 Å². The first-order chi connectivity index (χ1) is 7.16. The molecule has 0 bridgehead atoms. The lowest BCUT2D eigenvalue weighted by atomic mass is 10.00. The molecule has 1 aromatic heterocycles. The van der Waals surface area contributed by atoms with Crippen LogP contribution in [0.4, 0.5) is 5.82 Å². The van der Waals surface area contributed by atoms with Crippen molar-refractivity contribution in [2.75, 3.05) is 5.32 Å². The van der Waals surface area contributed by atoms with Crippen molar-refractivity contribution in [3.05, 3.63) is 17.5 Å². The van der Waals surface area contributed by atoms with Crippen LogP contribution in [-0.2, 0) is 0 Å². The zero-order valence-corrected chi connectivity index (χ0v) is 9.83. The molecule has 0 amide bonds. The molecule has 2 rings (SSSR count). The molecule has 1 aromatic rings. The number of aromatic nitrogens is 2. The molecule has 0 saturated heterocycles. The molecule has 1 aliphatic carbocycles. The molecule has 0 aromatic carbocycles. The fourth-order valence-corrected chi connectivity index (χ4v) is 2.01. The van der Waals surface area contributed by atoms with Gasteiger partial charge in [-0.15, -0.1) is 0 Å². The normalized spacial score (nSPS) is 17.9. The molecule has 0 radical (unpaired) electrons. The molecule has 1 saturated carbocycles. The van der Waals surface area contributed by atoms with Gasteiger partial charge in [0.2, 0.25) is 0 Å². The summed E-state index contributed by atoms with van der Waals surface area (Å²) in [7, 11) is 0. The van der Waals surface area contributed by atoms with E-state index < -0.39 is 0 Å². The lowest BCUT2D eigenvalue weighted by Gasteiger charge is -2.22. The number of hydrogen-bond acceptors (Lipinski definition) is 3. The van der Waals surface area contributed by atoms with Crippen LogP contribution in [0.1, 0.15) is 26.7 Å². The van der Waals surface area contributed by atoms with Crippen LogP contribution in [-0.4, -0.2) is 16.0 Å². The van der Waals surface area contributed by atoms with E-state index in [0.717, 1.165) is 11.7 Å². The summed E-state index contributed by atoms with van der Waals surface area (Å²) in [6, 6.07) is 2.29. The van der Waals surface area contributed by atoms with Gasteiger partial charge in [0, 0.05) is 12.1 Å². The molecule has 15 heavy (non-hydrogen) atoms. The van der Waals surface area contributed by atoms with Crippen molar-refractivity contribution in [2.24, 2.45) is 11.8 Å². The summed E-state index contributed by atoms with van der Waals surface area (Å²) in [5, 5.41) is 3.94. The molecule has 4 heteroatoms. The highest BCUT2D eigenvalue weighted by molar-refractivity contribution is 6.29. The summed E-state index contributed by atoms with van der Waals surface area (Å²) in [4.78, 5) is 8.03. The maximum absolute atomic E-state index is 5.81. The fourth-order valence-electron chi connectivity index (χ4n) is 1.87. The summed E-state index contributed by atoms with van der Waals surface area (Å²) in [5.74, 6) is 2.26. The van der Waals surface area contributed by atoms with Crippen LogP contribution in [0.15, 0.2) is 12.4 Å². The lowest BCUT2D eigenvalue weighted by molar-refractivity contribution is 0.475. The number of nitrogens with one attached hydrogen (secondary N) is 1. The molecule has 82 valence electrons. The molecule has 3 nitrogen and oxygen atoms in total. The second kappa shape index (κ2) is 4.35. The monoisotopic (exact) mass is 225 g/mol. The summed E-state index contributed by atoms with van der Waals surface area (Å²) in [6.07, 6.45) is 4.15. The highest BCUT2D eigenvalue weighted by atomic mass is 35.5. The quantitative estimate of drug-likeness (QED) is 0.801. The third kappa shape index (κ3) is 2.81. The number of anilines is 1. The molecule has 1 unspecified atom stereocenters. The van der Waals surface area contributed by atoms with Crippen LogP contribution in [0.25, 0.3) is 0 Å². The van der Waals surface area contributed by atoms with Gasteiger partial charge >= 0.3 is 0 Å². The Morgan fingerprint density at radius 3 is 2.67 bits per heavy atom. The van der Waals surface area contributed by atoms with Crippen LogP contribution in [0.3, 0.4) is 0 Å². The average Bonchev–Trinajstić information content (AvgIpc) is 2.97. The van der Waals surface area contributed by atoms with Gasteiger partial charge in [0.15, 0.2) is 0 Å². The van der Waals surface area contributed by atoms with E-state index in [4.69, 9.17) is 11.6 Å². The second-order valence-electron chi connectivity index (χ2n) is 4.48. The van der Waals surface area contributed by atoms with E-state index in [1.807, 2.05) is 0 Å². The van der Waals surface area contributed by atoms with E-state index in [1.54, 1.807) is 6.07 Å². The molecular formula is C11H16ClN3. The smallest absolute Gasteiger partial charge is 0.134 e. The van der Waals surface area contributed by atoms with E-state index in [0.29, 0.717) is 17.1 Å². The van der Waals surface area contributed by atoms with E-state index >= 15 is 0 Å². The van der Waals surface area contributed by atoms with Crippen molar-refractivity contribution < 1.29 is 0 Å². The summed E-state index contributed by atoms with van der Waals surface area (Å²) in [6.45, 7) is 4.47. The Morgan fingerprint density at radius 1 is 1.40 bits per heavy atom. The fraction of sp³-hybridized carbons (Fsp3) is 0.636. The largest absolute Gasteiger partial charge is 0.367 e. The Labute approximate surface area is 95.3 Å². The minimum atomic E-state index is 0.491. The van der Waals surface area contributed by atoms with Gasteiger partial charge in [-0.2, -0.15) is 0 Å². The van der Waals surface area contributed by atoms with Gasteiger partial charge in [-0.1, -0.05) is 25.4 Å². The van der Waals surface area contributed by atoms with Gasteiger partial charge < -0.3 is 5.32 Å². The zero-order valence-electron chi connectivity index (χ0n) is 9.07. The highest BCUT2D eigenvalue weighted by Gasteiger charge is 2.33. The summed E-state index contributed by atoms with van der Waals surface area (Å²) in [5.41, 5.74) is 0. The maximum atomic E-state index is 5.81. The van der Waals surface area contributed by atoms with Gasteiger partial charge in [0.1, 0.15) is 17.3 Å².